The lowest BCUT2D eigenvalue weighted by Gasteiger charge is -2.32. The first-order valence-corrected chi connectivity index (χ1v) is 7.32. The number of hydrogen-bond donors (Lipinski definition) is 0. The van der Waals surface area contributed by atoms with Gasteiger partial charge in [0.25, 0.3) is 0 Å². The average Bonchev–Trinajstić information content (AvgIpc) is 2.36. The van der Waals surface area contributed by atoms with E-state index in [2.05, 4.69) is 18.8 Å². The summed E-state index contributed by atoms with van der Waals surface area (Å²) in [6.07, 6.45) is 3.85. The number of nitrogens with zero attached hydrogens (tertiary/aromatic N) is 1. The molecule has 1 aromatic heterocycles. The maximum absolute atomic E-state index is 6.10. The Morgan fingerprint density at radius 3 is 2.72 bits per heavy atom. The minimum atomic E-state index is 0.322. The highest BCUT2D eigenvalue weighted by molar-refractivity contribution is 6.17. The van der Waals surface area contributed by atoms with Crippen molar-refractivity contribution in [1.29, 1.82) is 0 Å². The molecular formula is C15H22ClNO. The molecule has 3 heteroatoms. The number of aromatic nitrogens is 1. The summed E-state index contributed by atoms with van der Waals surface area (Å²) in [4.78, 5) is 4.43. The van der Waals surface area contributed by atoms with Gasteiger partial charge in [0.1, 0.15) is 5.75 Å². The van der Waals surface area contributed by atoms with Gasteiger partial charge in [0.05, 0.1) is 17.7 Å². The molecule has 1 aliphatic carbocycles. The van der Waals surface area contributed by atoms with Crippen LogP contribution in [0.15, 0.2) is 12.1 Å². The Labute approximate surface area is 115 Å². The van der Waals surface area contributed by atoms with E-state index in [0.717, 1.165) is 41.8 Å². The van der Waals surface area contributed by atoms with E-state index in [9.17, 15) is 0 Å². The molecule has 0 bridgehead atoms. The first-order chi connectivity index (χ1) is 8.60. The minimum Gasteiger partial charge on any atom is -0.488 e. The lowest BCUT2D eigenvalue weighted by Crippen LogP contribution is -2.29. The number of pyridine rings is 1. The van der Waals surface area contributed by atoms with E-state index in [1.807, 2.05) is 19.1 Å². The van der Waals surface area contributed by atoms with Crippen LogP contribution in [0, 0.1) is 18.8 Å². The van der Waals surface area contributed by atoms with Crippen LogP contribution in [0.5, 0.6) is 5.75 Å². The molecule has 0 radical (unpaired) electrons. The molecule has 1 saturated carbocycles. The number of halogens is 1. The highest BCUT2D eigenvalue weighted by Gasteiger charge is 2.26. The Kier molecular flexibility index (Phi) is 4.50. The molecule has 3 atom stereocenters. The summed E-state index contributed by atoms with van der Waals surface area (Å²) in [5.41, 5.74) is 1.85. The quantitative estimate of drug-likeness (QED) is 0.761. The van der Waals surface area contributed by atoms with Gasteiger partial charge in [-0.25, -0.2) is 0 Å². The molecule has 2 rings (SSSR count). The molecule has 18 heavy (non-hydrogen) atoms. The Hall–Kier alpha value is -0.760. The Morgan fingerprint density at radius 1 is 1.28 bits per heavy atom. The third-order valence-corrected chi connectivity index (χ3v) is 4.30. The summed E-state index contributed by atoms with van der Waals surface area (Å²) in [5.74, 6) is 2.83. The van der Waals surface area contributed by atoms with Gasteiger partial charge in [-0.3, -0.25) is 4.98 Å². The fourth-order valence-corrected chi connectivity index (χ4v) is 2.78. The van der Waals surface area contributed by atoms with E-state index in [4.69, 9.17) is 16.3 Å². The summed E-state index contributed by atoms with van der Waals surface area (Å²) in [6, 6.07) is 3.99. The normalized spacial score (nSPS) is 28.1. The predicted octanol–water partition coefficient (Wildman–Crippen LogP) is 4.33. The third-order valence-electron chi connectivity index (χ3n) is 4.04. The molecule has 0 aromatic carbocycles. The fraction of sp³-hybridized carbons (Fsp3) is 0.667. The van der Waals surface area contributed by atoms with Crippen molar-refractivity contribution in [3.63, 3.8) is 0 Å². The van der Waals surface area contributed by atoms with Crippen LogP contribution >= 0.6 is 11.6 Å². The first-order valence-electron chi connectivity index (χ1n) is 6.79. The van der Waals surface area contributed by atoms with E-state index < -0.39 is 0 Å². The Balaban J connectivity index is 2.05. The largest absolute Gasteiger partial charge is 0.488 e. The van der Waals surface area contributed by atoms with Crippen LogP contribution in [0.2, 0.25) is 0 Å². The maximum atomic E-state index is 6.10. The van der Waals surface area contributed by atoms with Crippen molar-refractivity contribution in [2.75, 3.05) is 0 Å². The molecule has 100 valence electrons. The van der Waals surface area contributed by atoms with Gasteiger partial charge >= 0.3 is 0 Å². The van der Waals surface area contributed by atoms with Crippen molar-refractivity contribution >= 4 is 11.6 Å². The fourth-order valence-electron chi connectivity index (χ4n) is 2.59. The molecule has 1 heterocycles. The number of ether oxygens (including phenoxy) is 1. The summed E-state index contributed by atoms with van der Waals surface area (Å²) in [5, 5.41) is 0. The predicted molar refractivity (Wildman–Crippen MR) is 75.1 cm³/mol. The molecule has 3 unspecified atom stereocenters. The van der Waals surface area contributed by atoms with Gasteiger partial charge in [0.2, 0.25) is 0 Å². The van der Waals surface area contributed by atoms with Crippen molar-refractivity contribution in [2.24, 2.45) is 11.8 Å². The average molecular weight is 268 g/mol. The highest BCUT2D eigenvalue weighted by atomic mass is 35.5. The zero-order chi connectivity index (χ0) is 13.1. The molecule has 0 saturated heterocycles. The zero-order valence-corrected chi connectivity index (χ0v) is 12.2. The van der Waals surface area contributed by atoms with Crippen LogP contribution in [-0.2, 0) is 5.88 Å². The van der Waals surface area contributed by atoms with Gasteiger partial charge in [0, 0.05) is 5.69 Å². The number of aryl methyl sites for hydroxylation is 1. The van der Waals surface area contributed by atoms with Crippen LogP contribution < -0.4 is 4.74 Å². The van der Waals surface area contributed by atoms with E-state index in [1.165, 1.54) is 6.42 Å². The molecule has 0 amide bonds. The van der Waals surface area contributed by atoms with Gasteiger partial charge in [-0.2, -0.15) is 0 Å². The van der Waals surface area contributed by atoms with Gasteiger partial charge in [-0.15, -0.1) is 11.6 Å². The summed E-state index contributed by atoms with van der Waals surface area (Å²) in [6.45, 7) is 6.62. The number of alkyl halides is 1. The summed E-state index contributed by atoms with van der Waals surface area (Å²) < 4.78 is 6.10. The van der Waals surface area contributed by atoms with Crippen LogP contribution in [0.25, 0.3) is 0 Å². The standard InChI is InChI=1S/C15H22ClNO/c1-10-4-6-13(8-11(10)2)18-15-7-5-12(3)17-14(15)9-16/h5,7,10-11,13H,4,6,8-9H2,1-3H3. The van der Waals surface area contributed by atoms with E-state index in [0.29, 0.717) is 12.0 Å². The molecule has 0 spiro atoms. The van der Waals surface area contributed by atoms with Gasteiger partial charge in [0.15, 0.2) is 0 Å². The molecule has 1 aromatic rings. The summed E-state index contributed by atoms with van der Waals surface area (Å²) >= 11 is 5.93. The zero-order valence-electron chi connectivity index (χ0n) is 11.4. The van der Waals surface area contributed by atoms with Crippen molar-refractivity contribution < 1.29 is 4.74 Å². The van der Waals surface area contributed by atoms with Gasteiger partial charge in [-0.05, 0) is 50.2 Å². The summed E-state index contributed by atoms with van der Waals surface area (Å²) in [7, 11) is 0. The van der Waals surface area contributed by atoms with Crippen molar-refractivity contribution in [1.82, 2.24) is 4.98 Å². The topological polar surface area (TPSA) is 22.1 Å². The second-order valence-corrected chi connectivity index (χ2v) is 5.81. The van der Waals surface area contributed by atoms with E-state index >= 15 is 0 Å². The Morgan fingerprint density at radius 2 is 2.06 bits per heavy atom. The Bertz CT molecular complexity index is 407. The lowest BCUT2D eigenvalue weighted by atomic mass is 9.80. The molecule has 0 N–H and O–H groups in total. The maximum Gasteiger partial charge on any atom is 0.142 e. The lowest BCUT2D eigenvalue weighted by molar-refractivity contribution is 0.0994. The van der Waals surface area contributed by atoms with Gasteiger partial charge < -0.3 is 4.74 Å². The highest BCUT2D eigenvalue weighted by Crippen LogP contribution is 2.32. The minimum absolute atomic E-state index is 0.322. The van der Waals surface area contributed by atoms with Gasteiger partial charge in [-0.1, -0.05) is 13.8 Å². The number of hydrogen-bond acceptors (Lipinski definition) is 2. The van der Waals surface area contributed by atoms with Crippen LogP contribution in [-0.4, -0.2) is 11.1 Å². The van der Waals surface area contributed by atoms with Crippen LogP contribution in [0.1, 0.15) is 44.5 Å². The SMILES string of the molecule is Cc1ccc(OC2CCC(C)C(C)C2)c(CCl)n1. The molecule has 0 aliphatic heterocycles. The van der Waals surface area contributed by atoms with Crippen LogP contribution in [0.4, 0.5) is 0 Å². The van der Waals surface area contributed by atoms with Crippen LogP contribution in [0.3, 0.4) is 0 Å². The second kappa shape index (κ2) is 5.92. The van der Waals surface area contributed by atoms with Crippen molar-refractivity contribution in [2.45, 2.75) is 52.0 Å². The second-order valence-electron chi connectivity index (χ2n) is 5.54. The van der Waals surface area contributed by atoms with E-state index in [1.54, 1.807) is 0 Å². The van der Waals surface area contributed by atoms with Crippen molar-refractivity contribution in [3.8, 4) is 5.75 Å². The van der Waals surface area contributed by atoms with Crippen molar-refractivity contribution in [3.05, 3.63) is 23.5 Å². The molecule has 2 nitrogen and oxygen atoms in total. The third kappa shape index (κ3) is 3.17. The molecular weight excluding hydrogens is 246 g/mol. The monoisotopic (exact) mass is 267 g/mol. The first kappa shape index (κ1) is 13.7. The number of rotatable bonds is 3. The molecule has 1 aliphatic rings. The molecule has 1 fully saturated rings. The van der Waals surface area contributed by atoms with E-state index in [-0.39, 0.29) is 0 Å². The smallest absolute Gasteiger partial charge is 0.142 e.